The molecule has 124 valence electrons. The molecular formula is C16H15N3O5. The molecule has 2 rings (SSSR count). The lowest BCUT2D eigenvalue weighted by Crippen LogP contribution is -2.17. The Kier molecular flexibility index (Phi) is 5.45. The van der Waals surface area contributed by atoms with Gasteiger partial charge in [-0.15, -0.1) is 0 Å². The minimum atomic E-state index is -0.581. The summed E-state index contributed by atoms with van der Waals surface area (Å²) in [4.78, 5) is 22.0. The monoisotopic (exact) mass is 329 g/mol. The van der Waals surface area contributed by atoms with E-state index in [1.807, 2.05) is 0 Å². The highest BCUT2D eigenvalue weighted by Crippen LogP contribution is 2.26. The standard InChI is InChI=1S/C16H15N3O5/c1-2-24-15-7-6-11(8-14(15)20)10-17-18-16(21)12-4-3-5-13(9-12)19(22)23/h3-10,20H,2H2,1H3,(H,18,21)/b17-10+. The molecule has 1 amide bonds. The highest BCUT2D eigenvalue weighted by atomic mass is 16.6. The second-order valence-electron chi connectivity index (χ2n) is 4.67. The first-order chi connectivity index (χ1) is 11.5. The molecule has 2 N–H and O–H groups in total. The quantitative estimate of drug-likeness (QED) is 0.480. The van der Waals surface area contributed by atoms with E-state index in [0.717, 1.165) is 6.07 Å². The van der Waals surface area contributed by atoms with E-state index in [1.165, 1.54) is 30.5 Å². The molecule has 8 nitrogen and oxygen atoms in total. The van der Waals surface area contributed by atoms with Crippen LogP contribution in [0.5, 0.6) is 11.5 Å². The molecule has 0 radical (unpaired) electrons. The number of phenolic OH excluding ortho intramolecular Hbond substituents is 1. The molecule has 0 aromatic heterocycles. The molecule has 24 heavy (non-hydrogen) atoms. The zero-order valence-electron chi connectivity index (χ0n) is 12.8. The van der Waals surface area contributed by atoms with Crippen molar-refractivity contribution in [3.8, 4) is 11.5 Å². The van der Waals surface area contributed by atoms with Crippen molar-refractivity contribution < 1.29 is 19.6 Å². The highest BCUT2D eigenvalue weighted by Gasteiger charge is 2.10. The van der Waals surface area contributed by atoms with E-state index in [1.54, 1.807) is 19.1 Å². The Morgan fingerprint density at radius 1 is 1.38 bits per heavy atom. The average Bonchev–Trinajstić information content (AvgIpc) is 2.57. The highest BCUT2D eigenvalue weighted by molar-refractivity contribution is 5.95. The Labute approximate surface area is 137 Å². The Hall–Kier alpha value is -3.42. The summed E-state index contributed by atoms with van der Waals surface area (Å²) < 4.78 is 5.20. The maximum atomic E-state index is 11.9. The largest absolute Gasteiger partial charge is 0.504 e. The number of hydrazone groups is 1. The molecule has 8 heteroatoms. The third-order valence-electron chi connectivity index (χ3n) is 2.98. The Morgan fingerprint density at radius 2 is 2.17 bits per heavy atom. The number of phenols is 1. The van der Waals surface area contributed by atoms with Crippen LogP contribution in [0, 0.1) is 10.1 Å². The van der Waals surface area contributed by atoms with Crippen LogP contribution < -0.4 is 10.2 Å². The molecule has 0 unspecified atom stereocenters. The summed E-state index contributed by atoms with van der Waals surface area (Å²) in [5.41, 5.74) is 2.76. The third kappa shape index (κ3) is 4.29. The number of ether oxygens (including phenoxy) is 1. The Morgan fingerprint density at radius 3 is 2.83 bits per heavy atom. The SMILES string of the molecule is CCOc1ccc(/C=N/NC(=O)c2cccc([N+](=O)[O-])c2)cc1O. The summed E-state index contributed by atoms with van der Waals surface area (Å²) in [6.07, 6.45) is 1.34. The average molecular weight is 329 g/mol. The summed E-state index contributed by atoms with van der Waals surface area (Å²) in [7, 11) is 0. The van der Waals surface area contributed by atoms with Gasteiger partial charge in [0.15, 0.2) is 11.5 Å². The van der Waals surface area contributed by atoms with Crippen LogP contribution in [0.25, 0.3) is 0 Å². The molecule has 2 aromatic carbocycles. The Bertz CT molecular complexity index is 789. The predicted molar refractivity (Wildman–Crippen MR) is 87.4 cm³/mol. The van der Waals surface area contributed by atoms with Gasteiger partial charge in [0.05, 0.1) is 17.7 Å². The van der Waals surface area contributed by atoms with Crippen molar-refractivity contribution in [2.75, 3.05) is 6.61 Å². The predicted octanol–water partition coefficient (Wildman–Crippen LogP) is 2.46. The fraction of sp³-hybridized carbons (Fsp3) is 0.125. The van der Waals surface area contributed by atoms with Gasteiger partial charge >= 0.3 is 0 Å². The number of carbonyl (C=O) groups is 1. The fourth-order valence-corrected chi connectivity index (χ4v) is 1.88. The van der Waals surface area contributed by atoms with Crippen LogP contribution in [0.1, 0.15) is 22.8 Å². The minimum Gasteiger partial charge on any atom is -0.504 e. The van der Waals surface area contributed by atoms with Gasteiger partial charge in [0.1, 0.15) is 0 Å². The van der Waals surface area contributed by atoms with Crippen molar-refractivity contribution in [1.82, 2.24) is 5.43 Å². The number of nitrogens with zero attached hydrogens (tertiary/aromatic N) is 2. The van der Waals surface area contributed by atoms with E-state index in [-0.39, 0.29) is 17.0 Å². The smallest absolute Gasteiger partial charge is 0.271 e. The van der Waals surface area contributed by atoms with Crippen LogP contribution in [0.2, 0.25) is 0 Å². The van der Waals surface area contributed by atoms with E-state index in [0.29, 0.717) is 17.9 Å². The van der Waals surface area contributed by atoms with Gasteiger partial charge in [0, 0.05) is 17.7 Å². The summed E-state index contributed by atoms with van der Waals surface area (Å²) >= 11 is 0. The molecule has 0 saturated heterocycles. The summed E-state index contributed by atoms with van der Waals surface area (Å²) in [5, 5.41) is 24.2. The number of nitro benzene ring substituents is 1. The van der Waals surface area contributed by atoms with Gasteiger partial charge in [-0.25, -0.2) is 5.43 Å². The molecule has 0 heterocycles. The number of rotatable bonds is 6. The van der Waals surface area contributed by atoms with Crippen molar-refractivity contribution >= 4 is 17.8 Å². The molecule has 0 aliphatic heterocycles. The van der Waals surface area contributed by atoms with E-state index in [4.69, 9.17) is 4.74 Å². The fourth-order valence-electron chi connectivity index (χ4n) is 1.88. The van der Waals surface area contributed by atoms with Crippen molar-refractivity contribution in [1.29, 1.82) is 0 Å². The second-order valence-corrected chi connectivity index (χ2v) is 4.67. The molecule has 0 spiro atoms. The first-order valence-corrected chi connectivity index (χ1v) is 7.05. The van der Waals surface area contributed by atoms with Gasteiger partial charge in [0.25, 0.3) is 11.6 Å². The van der Waals surface area contributed by atoms with E-state index < -0.39 is 10.8 Å². The normalized spacial score (nSPS) is 10.5. The topological polar surface area (TPSA) is 114 Å². The lowest BCUT2D eigenvalue weighted by Gasteiger charge is -2.05. The number of amides is 1. The van der Waals surface area contributed by atoms with Gasteiger partial charge in [-0.05, 0) is 36.8 Å². The van der Waals surface area contributed by atoms with Gasteiger partial charge in [0.2, 0.25) is 0 Å². The number of non-ortho nitro benzene ring substituents is 1. The molecule has 0 aliphatic rings. The third-order valence-corrected chi connectivity index (χ3v) is 2.98. The number of hydrogen-bond donors (Lipinski definition) is 2. The maximum Gasteiger partial charge on any atom is 0.271 e. The zero-order chi connectivity index (χ0) is 17.5. The van der Waals surface area contributed by atoms with E-state index >= 15 is 0 Å². The Balaban J connectivity index is 2.03. The van der Waals surface area contributed by atoms with Crippen LogP contribution in [0.4, 0.5) is 5.69 Å². The number of aromatic hydroxyl groups is 1. The zero-order valence-corrected chi connectivity index (χ0v) is 12.8. The van der Waals surface area contributed by atoms with Crippen LogP contribution in [-0.4, -0.2) is 28.8 Å². The maximum absolute atomic E-state index is 11.9. The summed E-state index contributed by atoms with van der Waals surface area (Å²) in [6.45, 7) is 2.23. The van der Waals surface area contributed by atoms with Crippen LogP contribution >= 0.6 is 0 Å². The number of hydrogen-bond acceptors (Lipinski definition) is 6. The lowest BCUT2D eigenvalue weighted by atomic mass is 10.2. The van der Waals surface area contributed by atoms with E-state index in [2.05, 4.69) is 10.5 Å². The summed E-state index contributed by atoms with van der Waals surface area (Å²) in [6, 6.07) is 10.0. The first-order valence-electron chi connectivity index (χ1n) is 7.05. The van der Waals surface area contributed by atoms with Crippen LogP contribution in [0.15, 0.2) is 47.6 Å². The second kappa shape index (κ2) is 7.73. The summed E-state index contributed by atoms with van der Waals surface area (Å²) in [5.74, 6) is -0.258. The minimum absolute atomic E-state index is 0.0363. The molecule has 0 bridgehead atoms. The van der Waals surface area contributed by atoms with Gasteiger partial charge in [-0.3, -0.25) is 14.9 Å². The van der Waals surface area contributed by atoms with Crippen molar-refractivity contribution in [3.63, 3.8) is 0 Å². The van der Waals surface area contributed by atoms with Crippen LogP contribution in [-0.2, 0) is 0 Å². The number of nitrogens with one attached hydrogen (secondary N) is 1. The van der Waals surface area contributed by atoms with Crippen molar-refractivity contribution in [2.24, 2.45) is 5.10 Å². The number of carbonyl (C=O) groups excluding carboxylic acids is 1. The number of nitro groups is 1. The first kappa shape index (κ1) is 16.9. The lowest BCUT2D eigenvalue weighted by molar-refractivity contribution is -0.384. The van der Waals surface area contributed by atoms with Crippen molar-refractivity contribution in [2.45, 2.75) is 6.92 Å². The van der Waals surface area contributed by atoms with Gasteiger partial charge in [-0.1, -0.05) is 6.07 Å². The molecular weight excluding hydrogens is 314 g/mol. The van der Waals surface area contributed by atoms with Gasteiger partial charge in [-0.2, -0.15) is 5.10 Å². The molecule has 0 saturated carbocycles. The number of benzene rings is 2. The van der Waals surface area contributed by atoms with E-state index in [9.17, 15) is 20.0 Å². The van der Waals surface area contributed by atoms with Crippen molar-refractivity contribution in [3.05, 3.63) is 63.7 Å². The molecule has 0 atom stereocenters. The van der Waals surface area contributed by atoms with Gasteiger partial charge < -0.3 is 9.84 Å². The molecule has 0 aliphatic carbocycles. The molecule has 0 fully saturated rings. The molecule has 2 aromatic rings. The van der Waals surface area contributed by atoms with Crippen LogP contribution in [0.3, 0.4) is 0 Å².